The number of amides is 1. The molecule has 0 bridgehead atoms. The molecule has 1 aromatic heterocycles. The Morgan fingerprint density at radius 3 is 2.47 bits per heavy atom. The van der Waals surface area contributed by atoms with Crippen LogP contribution in [0, 0.1) is 5.82 Å². The standard InChI is InChI=1S/C24H24FN3O2/c1-24(2,3)28-22(16-6-8-18(25)9-7-16)21(13-26-28)23(30)27-19-10-11-20(15-4-5-15)17(12-19)14-29/h6-15H,4-5H2,1-3H3,(H,27,30). The van der Waals surface area contributed by atoms with Crippen molar-refractivity contribution in [3.05, 3.63) is 71.2 Å². The number of aromatic nitrogens is 2. The summed E-state index contributed by atoms with van der Waals surface area (Å²) in [7, 11) is 0. The van der Waals surface area contributed by atoms with Gasteiger partial charge in [0.1, 0.15) is 12.1 Å². The third-order valence-corrected chi connectivity index (χ3v) is 5.26. The molecule has 0 radical (unpaired) electrons. The van der Waals surface area contributed by atoms with Crippen LogP contribution >= 0.6 is 0 Å². The summed E-state index contributed by atoms with van der Waals surface area (Å²) in [6.45, 7) is 5.96. The lowest BCUT2D eigenvalue weighted by atomic mass is 10.0. The molecular formula is C24H24FN3O2. The fourth-order valence-corrected chi connectivity index (χ4v) is 3.63. The minimum atomic E-state index is -0.376. The second-order valence-electron chi connectivity index (χ2n) is 8.69. The third kappa shape index (κ3) is 3.90. The molecule has 0 aliphatic heterocycles. The van der Waals surface area contributed by atoms with Gasteiger partial charge in [-0.05, 0) is 81.5 Å². The summed E-state index contributed by atoms with van der Waals surface area (Å²) in [5.74, 6) is -0.227. The van der Waals surface area contributed by atoms with Crippen LogP contribution in [-0.2, 0) is 5.54 Å². The molecule has 0 atom stereocenters. The predicted octanol–water partition coefficient (Wildman–Crippen LogP) is 5.39. The minimum Gasteiger partial charge on any atom is -0.322 e. The first-order valence-electron chi connectivity index (χ1n) is 10.0. The number of halogens is 1. The van der Waals surface area contributed by atoms with Gasteiger partial charge in [0.15, 0.2) is 0 Å². The lowest BCUT2D eigenvalue weighted by Crippen LogP contribution is -2.24. The number of nitrogens with zero attached hydrogens (tertiary/aromatic N) is 2. The molecular weight excluding hydrogens is 381 g/mol. The molecule has 0 saturated heterocycles. The highest BCUT2D eigenvalue weighted by atomic mass is 19.1. The fourth-order valence-electron chi connectivity index (χ4n) is 3.63. The van der Waals surface area contributed by atoms with Crippen molar-refractivity contribution >= 4 is 17.9 Å². The summed E-state index contributed by atoms with van der Waals surface area (Å²) in [4.78, 5) is 24.6. The lowest BCUT2D eigenvalue weighted by molar-refractivity contribution is 0.102. The van der Waals surface area contributed by atoms with Crippen LogP contribution in [0.5, 0.6) is 0 Å². The first-order chi connectivity index (χ1) is 14.3. The highest BCUT2D eigenvalue weighted by Gasteiger charge is 2.27. The van der Waals surface area contributed by atoms with E-state index in [1.54, 1.807) is 22.9 Å². The minimum absolute atomic E-state index is 0.333. The molecule has 2 aromatic carbocycles. The summed E-state index contributed by atoms with van der Waals surface area (Å²) in [5.41, 5.74) is 3.53. The first-order valence-corrected chi connectivity index (χ1v) is 10.0. The Morgan fingerprint density at radius 2 is 1.87 bits per heavy atom. The van der Waals surface area contributed by atoms with E-state index in [1.807, 2.05) is 32.9 Å². The van der Waals surface area contributed by atoms with Crippen LogP contribution in [0.3, 0.4) is 0 Å². The zero-order valence-corrected chi connectivity index (χ0v) is 17.3. The lowest BCUT2D eigenvalue weighted by Gasteiger charge is -2.23. The SMILES string of the molecule is CC(C)(C)n1ncc(C(=O)Nc2ccc(C3CC3)c(C=O)c2)c1-c1ccc(F)cc1. The maximum atomic E-state index is 13.4. The molecule has 1 aliphatic carbocycles. The highest BCUT2D eigenvalue weighted by Crippen LogP contribution is 2.42. The van der Waals surface area contributed by atoms with Crippen LogP contribution in [0.1, 0.15) is 65.8 Å². The number of rotatable bonds is 5. The molecule has 1 amide bonds. The average molecular weight is 405 g/mol. The second kappa shape index (κ2) is 7.52. The molecule has 1 saturated carbocycles. The van der Waals surface area contributed by atoms with Gasteiger partial charge in [-0.3, -0.25) is 14.3 Å². The maximum absolute atomic E-state index is 13.4. The quantitative estimate of drug-likeness (QED) is 0.579. The Kier molecular flexibility index (Phi) is 5.02. The average Bonchev–Trinajstić information content (AvgIpc) is 3.44. The zero-order chi connectivity index (χ0) is 21.5. The van der Waals surface area contributed by atoms with Crippen molar-refractivity contribution in [2.45, 2.75) is 45.1 Å². The number of hydrogen-bond acceptors (Lipinski definition) is 3. The Morgan fingerprint density at radius 1 is 1.17 bits per heavy atom. The van der Waals surface area contributed by atoms with Gasteiger partial charge in [-0.25, -0.2) is 4.39 Å². The Bertz CT molecular complexity index is 1110. The molecule has 6 heteroatoms. The molecule has 4 rings (SSSR count). The van der Waals surface area contributed by atoms with E-state index < -0.39 is 0 Å². The van der Waals surface area contributed by atoms with E-state index in [2.05, 4.69) is 10.4 Å². The maximum Gasteiger partial charge on any atom is 0.259 e. The molecule has 1 N–H and O–H groups in total. The molecule has 1 aliphatic rings. The van der Waals surface area contributed by atoms with Gasteiger partial charge in [0, 0.05) is 16.8 Å². The summed E-state index contributed by atoms with van der Waals surface area (Å²) in [6.07, 6.45) is 4.56. The van der Waals surface area contributed by atoms with Gasteiger partial charge >= 0.3 is 0 Å². The van der Waals surface area contributed by atoms with Crippen LogP contribution in [0.2, 0.25) is 0 Å². The van der Waals surface area contributed by atoms with E-state index in [1.165, 1.54) is 18.3 Å². The van der Waals surface area contributed by atoms with E-state index in [0.29, 0.717) is 34.0 Å². The molecule has 0 spiro atoms. The van der Waals surface area contributed by atoms with Crippen molar-refractivity contribution in [2.24, 2.45) is 0 Å². The number of carbonyl (C=O) groups excluding carboxylic acids is 2. The molecule has 154 valence electrons. The molecule has 1 fully saturated rings. The van der Waals surface area contributed by atoms with Gasteiger partial charge in [0.2, 0.25) is 0 Å². The zero-order valence-electron chi connectivity index (χ0n) is 17.3. The Labute approximate surface area is 174 Å². The molecule has 1 heterocycles. The largest absolute Gasteiger partial charge is 0.322 e. The summed E-state index contributed by atoms with van der Waals surface area (Å²) >= 11 is 0. The Balaban J connectivity index is 1.70. The van der Waals surface area contributed by atoms with Gasteiger partial charge in [-0.15, -0.1) is 0 Å². The molecule has 5 nitrogen and oxygen atoms in total. The fraction of sp³-hybridized carbons (Fsp3) is 0.292. The third-order valence-electron chi connectivity index (χ3n) is 5.26. The number of hydrogen-bond donors (Lipinski definition) is 1. The van der Waals surface area contributed by atoms with Crippen LogP contribution in [-0.4, -0.2) is 22.0 Å². The summed E-state index contributed by atoms with van der Waals surface area (Å²) < 4.78 is 15.2. The van der Waals surface area contributed by atoms with Gasteiger partial charge in [-0.2, -0.15) is 5.10 Å². The summed E-state index contributed by atoms with van der Waals surface area (Å²) in [5, 5.41) is 7.31. The van der Waals surface area contributed by atoms with Gasteiger partial charge < -0.3 is 5.32 Å². The Hall–Kier alpha value is -3.28. The van der Waals surface area contributed by atoms with Crippen molar-refractivity contribution in [1.82, 2.24) is 9.78 Å². The van der Waals surface area contributed by atoms with Crippen molar-refractivity contribution < 1.29 is 14.0 Å². The van der Waals surface area contributed by atoms with Crippen LogP contribution < -0.4 is 5.32 Å². The normalized spacial score (nSPS) is 13.9. The van der Waals surface area contributed by atoms with E-state index in [0.717, 1.165) is 24.7 Å². The number of aldehydes is 1. The van der Waals surface area contributed by atoms with Crippen molar-refractivity contribution in [3.8, 4) is 11.3 Å². The van der Waals surface area contributed by atoms with Gasteiger partial charge in [-0.1, -0.05) is 6.07 Å². The molecule has 3 aromatic rings. The second-order valence-corrected chi connectivity index (χ2v) is 8.69. The van der Waals surface area contributed by atoms with Gasteiger partial charge in [0.25, 0.3) is 5.91 Å². The number of nitrogens with one attached hydrogen (secondary N) is 1. The van der Waals surface area contributed by atoms with Gasteiger partial charge in [0.05, 0.1) is 23.0 Å². The van der Waals surface area contributed by atoms with E-state index in [4.69, 9.17) is 0 Å². The number of anilines is 1. The van der Waals surface area contributed by atoms with Crippen LogP contribution in [0.15, 0.2) is 48.7 Å². The van der Waals surface area contributed by atoms with Crippen LogP contribution in [0.4, 0.5) is 10.1 Å². The van der Waals surface area contributed by atoms with E-state index in [9.17, 15) is 14.0 Å². The molecule has 0 unspecified atom stereocenters. The first kappa shape index (κ1) is 20.0. The topological polar surface area (TPSA) is 64.0 Å². The van der Waals surface area contributed by atoms with Crippen molar-refractivity contribution in [3.63, 3.8) is 0 Å². The highest BCUT2D eigenvalue weighted by molar-refractivity contribution is 6.08. The smallest absolute Gasteiger partial charge is 0.259 e. The number of benzene rings is 2. The monoisotopic (exact) mass is 405 g/mol. The molecule has 30 heavy (non-hydrogen) atoms. The van der Waals surface area contributed by atoms with E-state index in [-0.39, 0.29) is 17.3 Å². The summed E-state index contributed by atoms with van der Waals surface area (Å²) in [6, 6.07) is 11.5. The van der Waals surface area contributed by atoms with E-state index >= 15 is 0 Å². The van der Waals surface area contributed by atoms with Crippen molar-refractivity contribution in [2.75, 3.05) is 5.32 Å². The number of carbonyl (C=O) groups is 2. The van der Waals surface area contributed by atoms with Crippen molar-refractivity contribution in [1.29, 1.82) is 0 Å². The van der Waals surface area contributed by atoms with Crippen LogP contribution in [0.25, 0.3) is 11.3 Å². The predicted molar refractivity (Wildman–Crippen MR) is 114 cm³/mol.